The Labute approximate surface area is 98.0 Å². The number of rotatable bonds is 3. The second-order valence-electron chi connectivity index (χ2n) is 5.64. The van der Waals surface area contributed by atoms with Crippen molar-refractivity contribution in [3.05, 3.63) is 23.8 Å². The molecular formula is C13H22N3+. The molecule has 1 aromatic rings. The molecule has 0 aliphatic carbocycles. The van der Waals surface area contributed by atoms with E-state index in [-0.39, 0.29) is 0 Å². The van der Waals surface area contributed by atoms with E-state index in [2.05, 4.69) is 38.2 Å². The molecule has 0 atom stereocenters. The molecule has 2 N–H and O–H groups in total. The highest BCUT2D eigenvalue weighted by Crippen LogP contribution is 2.29. The van der Waals surface area contributed by atoms with E-state index in [0.29, 0.717) is 0 Å². The molecule has 0 aromatic heterocycles. The summed E-state index contributed by atoms with van der Waals surface area (Å²) in [6.07, 6.45) is 1.16. The van der Waals surface area contributed by atoms with Crippen LogP contribution >= 0.6 is 0 Å². The third-order valence-electron chi connectivity index (χ3n) is 3.14. The van der Waals surface area contributed by atoms with E-state index < -0.39 is 0 Å². The van der Waals surface area contributed by atoms with Crippen molar-refractivity contribution in [1.29, 1.82) is 0 Å². The Hall–Kier alpha value is -1.22. The molecule has 3 heteroatoms. The summed E-state index contributed by atoms with van der Waals surface area (Å²) in [5.41, 5.74) is 9.50. The van der Waals surface area contributed by atoms with Gasteiger partial charge in [-0.05, 0) is 24.1 Å². The van der Waals surface area contributed by atoms with Crippen LogP contribution in [0.2, 0.25) is 0 Å². The number of fused-ring (bicyclic) bond motifs is 1. The summed E-state index contributed by atoms with van der Waals surface area (Å²) in [5, 5.41) is 0. The van der Waals surface area contributed by atoms with Crippen molar-refractivity contribution in [3.63, 3.8) is 0 Å². The van der Waals surface area contributed by atoms with Gasteiger partial charge in [-0.2, -0.15) is 0 Å². The van der Waals surface area contributed by atoms with E-state index in [1.165, 1.54) is 11.3 Å². The first-order chi connectivity index (χ1) is 7.46. The summed E-state index contributed by atoms with van der Waals surface area (Å²) in [6.45, 7) is 3.41. The van der Waals surface area contributed by atoms with E-state index in [4.69, 9.17) is 5.73 Å². The molecule has 0 saturated heterocycles. The average Bonchev–Trinajstić information content (AvgIpc) is 2.56. The summed E-state index contributed by atoms with van der Waals surface area (Å²) in [6, 6.07) is 6.27. The maximum Gasteiger partial charge on any atom is 0.0958 e. The number of nitrogen functional groups attached to an aromatic ring is 1. The number of nitrogens with zero attached hydrogens (tertiary/aromatic N) is 2. The third-order valence-corrected chi connectivity index (χ3v) is 3.14. The predicted molar refractivity (Wildman–Crippen MR) is 69.7 cm³/mol. The molecule has 1 aromatic carbocycles. The molecule has 3 nitrogen and oxygen atoms in total. The van der Waals surface area contributed by atoms with Crippen LogP contribution in [0.25, 0.3) is 0 Å². The van der Waals surface area contributed by atoms with Gasteiger partial charge in [0.1, 0.15) is 0 Å². The van der Waals surface area contributed by atoms with E-state index in [0.717, 1.165) is 36.2 Å². The largest absolute Gasteiger partial charge is 0.399 e. The minimum Gasteiger partial charge on any atom is -0.399 e. The van der Waals surface area contributed by atoms with Gasteiger partial charge >= 0.3 is 0 Å². The van der Waals surface area contributed by atoms with Crippen molar-refractivity contribution in [2.45, 2.75) is 6.42 Å². The van der Waals surface area contributed by atoms with Crippen LogP contribution in [0, 0.1) is 0 Å². The smallest absolute Gasteiger partial charge is 0.0958 e. The molecule has 0 fully saturated rings. The van der Waals surface area contributed by atoms with E-state index in [1.807, 2.05) is 6.07 Å². The monoisotopic (exact) mass is 220 g/mol. The van der Waals surface area contributed by atoms with E-state index in [9.17, 15) is 0 Å². The number of hydrogen-bond acceptors (Lipinski definition) is 2. The zero-order valence-corrected chi connectivity index (χ0v) is 10.5. The Morgan fingerprint density at radius 1 is 1.31 bits per heavy atom. The summed E-state index contributed by atoms with van der Waals surface area (Å²) < 4.78 is 1.01. The minimum absolute atomic E-state index is 0.871. The molecule has 16 heavy (non-hydrogen) atoms. The molecule has 0 amide bonds. The van der Waals surface area contributed by atoms with Gasteiger partial charge in [-0.3, -0.25) is 0 Å². The van der Waals surface area contributed by atoms with Crippen molar-refractivity contribution in [2.24, 2.45) is 0 Å². The fourth-order valence-electron chi connectivity index (χ4n) is 2.12. The van der Waals surface area contributed by atoms with Crippen LogP contribution in [0.4, 0.5) is 11.4 Å². The van der Waals surface area contributed by atoms with Crippen LogP contribution in [0.3, 0.4) is 0 Å². The van der Waals surface area contributed by atoms with Gasteiger partial charge in [-0.1, -0.05) is 6.07 Å². The summed E-state index contributed by atoms with van der Waals surface area (Å²) in [5.74, 6) is 0. The number of anilines is 2. The molecular weight excluding hydrogens is 198 g/mol. The zero-order valence-electron chi connectivity index (χ0n) is 10.5. The highest BCUT2D eigenvalue weighted by molar-refractivity contribution is 5.64. The van der Waals surface area contributed by atoms with Gasteiger partial charge in [0.05, 0.1) is 34.2 Å². The number of quaternary nitrogens is 1. The highest BCUT2D eigenvalue weighted by Gasteiger charge is 2.20. The fourth-order valence-corrected chi connectivity index (χ4v) is 2.12. The first kappa shape index (κ1) is 11.3. The number of hydrogen-bond donors (Lipinski definition) is 1. The quantitative estimate of drug-likeness (QED) is 0.615. The fraction of sp³-hybridized carbons (Fsp3) is 0.538. The summed E-state index contributed by atoms with van der Waals surface area (Å²) >= 11 is 0. The van der Waals surface area contributed by atoms with E-state index >= 15 is 0 Å². The Morgan fingerprint density at radius 3 is 2.75 bits per heavy atom. The number of benzene rings is 1. The predicted octanol–water partition coefficient (Wildman–Crippen LogP) is 1.34. The lowest BCUT2D eigenvalue weighted by molar-refractivity contribution is -0.868. The summed E-state index contributed by atoms with van der Waals surface area (Å²) in [4.78, 5) is 2.45. The van der Waals surface area contributed by atoms with Crippen molar-refractivity contribution in [1.82, 2.24) is 0 Å². The lowest BCUT2D eigenvalue weighted by Gasteiger charge is -2.28. The van der Waals surface area contributed by atoms with Gasteiger partial charge in [0.2, 0.25) is 0 Å². The number of likely N-dealkylation sites (N-methyl/N-ethyl adjacent to an activating group) is 1. The molecule has 1 aliphatic heterocycles. The molecule has 0 radical (unpaired) electrons. The molecule has 0 bridgehead atoms. The maximum absolute atomic E-state index is 5.84. The van der Waals surface area contributed by atoms with Gasteiger partial charge in [0, 0.05) is 17.9 Å². The standard InChI is InChI=1S/C13H22N3/c1-16(2,3)9-8-15-7-6-11-4-5-12(14)10-13(11)15/h4-5,10H,6-9,14H2,1-3H3/q+1. The molecule has 0 saturated carbocycles. The Balaban J connectivity index is 2.08. The molecule has 1 aliphatic rings. The van der Waals surface area contributed by atoms with Gasteiger partial charge in [0.15, 0.2) is 0 Å². The first-order valence-electron chi connectivity index (χ1n) is 5.89. The normalized spacial score (nSPS) is 15.3. The Bertz CT molecular complexity index is 379. The SMILES string of the molecule is C[N+](C)(C)CCN1CCc2ccc(N)cc21. The zero-order chi connectivity index (χ0) is 11.8. The second-order valence-corrected chi connectivity index (χ2v) is 5.64. The van der Waals surface area contributed by atoms with Crippen LogP contribution in [0.1, 0.15) is 5.56 Å². The first-order valence-corrected chi connectivity index (χ1v) is 5.89. The van der Waals surface area contributed by atoms with Crippen molar-refractivity contribution < 1.29 is 4.48 Å². The van der Waals surface area contributed by atoms with Crippen molar-refractivity contribution in [3.8, 4) is 0 Å². The van der Waals surface area contributed by atoms with Gasteiger partial charge < -0.3 is 15.1 Å². The lowest BCUT2D eigenvalue weighted by Crippen LogP contribution is -2.41. The number of nitrogens with two attached hydrogens (primary N) is 1. The minimum atomic E-state index is 0.871. The average molecular weight is 220 g/mol. The third kappa shape index (κ3) is 2.47. The molecule has 0 unspecified atom stereocenters. The lowest BCUT2D eigenvalue weighted by atomic mass is 10.1. The van der Waals surface area contributed by atoms with Crippen LogP contribution in [-0.4, -0.2) is 45.3 Å². The topological polar surface area (TPSA) is 29.3 Å². The van der Waals surface area contributed by atoms with Gasteiger partial charge in [-0.15, -0.1) is 0 Å². The van der Waals surface area contributed by atoms with Crippen LogP contribution in [0.15, 0.2) is 18.2 Å². The van der Waals surface area contributed by atoms with Crippen LogP contribution in [-0.2, 0) is 6.42 Å². The van der Waals surface area contributed by atoms with E-state index in [1.54, 1.807) is 0 Å². The molecule has 88 valence electrons. The van der Waals surface area contributed by atoms with Crippen LogP contribution in [0.5, 0.6) is 0 Å². The van der Waals surface area contributed by atoms with Gasteiger partial charge in [-0.25, -0.2) is 0 Å². The molecule has 2 rings (SSSR count). The summed E-state index contributed by atoms with van der Waals surface area (Å²) in [7, 11) is 6.70. The Morgan fingerprint density at radius 2 is 2.06 bits per heavy atom. The van der Waals surface area contributed by atoms with Gasteiger partial charge in [0.25, 0.3) is 0 Å². The Kier molecular flexibility index (Phi) is 2.80. The van der Waals surface area contributed by atoms with Crippen molar-refractivity contribution in [2.75, 3.05) is 51.4 Å². The highest BCUT2D eigenvalue weighted by atomic mass is 15.3. The molecule has 0 spiro atoms. The maximum atomic E-state index is 5.84. The second kappa shape index (κ2) is 3.98. The molecule has 1 heterocycles. The van der Waals surface area contributed by atoms with Crippen molar-refractivity contribution >= 4 is 11.4 Å². The van der Waals surface area contributed by atoms with Crippen LogP contribution < -0.4 is 10.6 Å².